The zero-order valence-corrected chi connectivity index (χ0v) is 11.9. The third-order valence-electron chi connectivity index (χ3n) is 2.91. The summed E-state index contributed by atoms with van der Waals surface area (Å²) in [7, 11) is 4.69. The van der Waals surface area contributed by atoms with Crippen molar-refractivity contribution < 1.29 is 14.2 Å². The maximum Gasteiger partial charge on any atom is 0.203 e. The molecule has 0 saturated heterocycles. The van der Waals surface area contributed by atoms with Crippen molar-refractivity contribution in [1.29, 1.82) is 0 Å². The standard InChI is InChI=1S/C14H17N3O3/c1-8-16-7-10(14(15)17-8)9-5-11(18-2)13(20-4)12(6-9)19-3/h5-7H,1-4H3,(H2,15,16,17). The number of benzene rings is 1. The van der Waals surface area contributed by atoms with Gasteiger partial charge in [-0.25, -0.2) is 9.97 Å². The highest BCUT2D eigenvalue weighted by Crippen LogP contribution is 2.41. The minimum Gasteiger partial charge on any atom is -0.493 e. The average molecular weight is 275 g/mol. The van der Waals surface area contributed by atoms with Crippen molar-refractivity contribution in [1.82, 2.24) is 9.97 Å². The number of nitrogens with zero attached hydrogens (tertiary/aromatic N) is 2. The summed E-state index contributed by atoms with van der Waals surface area (Å²) in [4.78, 5) is 8.32. The summed E-state index contributed by atoms with van der Waals surface area (Å²) in [6, 6.07) is 3.62. The molecule has 0 atom stereocenters. The summed E-state index contributed by atoms with van der Waals surface area (Å²) in [6.07, 6.45) is 1.68. The van der Waals surface area contributed by atoms with Gasteiger partial charge in [0.25, 0.3) is 0 Å². The molecule has 0 saturated carbocycles. The number of nitrogen functional groups attached to an aromatic ring is 1. The van der Waals surface area contributed by atoms with Gasteiger partial charge in [0.1, 0.15) is 11.6 Å². The number of anilines is 1. The van der Waals surface area contributed by atoms with Crippen molar-refractivity contribution in [3.8, 4) is 28.4 Å². The van der Waals surface area contributed by atoms with Gasteiger partial charge in [-0.15, -0.1) is 0 Å². The Labute approximate surface area is 117 Å². The summed E-state index contributed by atoms with van der Waals surface area (Å²) in [5.74, 6) is 2.68. The van der Waals surface area contributed by atoms with Crippen LogP contribution in [0.15, 0.2) is 18.3 Å². The fraction of sp³-hybridized carbons (Fsp3) is 0.286. The van der Waals surface area contributed by atoms with Gasteiger partial charge in [0.05, 0.1) is 21.3 Å². The van der Waals surface area contributed by atoms with Crippen LogP contribution in [0.5, 0.6) is 17.2 Å². The van der Waals surface area contributed by atoms with Crippen molar-refractivity contribution in [2.45, 2.75) is 6.92 Å². The molecule has 0 radical (unpaired) electrons. The van der Waals surface area contributed by atoms with Gasteiger partial charge in [-0.05, 0) is 24.6 Å². The third kappa shape index (κ3) is 2.45. The molecule has 6 heteroatoms. The van der Waals surface area contributed by atoms with E-state index >= 15 is 0 Å². The van der Waals surface area contributed by atoms with Crippen LogP contribution < -0.4 is 19.9 Å². The number of rotatable bonds is 4. The molecule has 0 amide bonds. The summed E-state index contributed by atoms with van der Waals surface area (Å²) in [6.45, 7) is 1.79. The largest absolute Gasteiger partial charge is 0.493 e. The lowest BCUT2D eigenvalue weighted by Gasteiger charge is -2.14. The van der Waals surface area contributed by atoms with Crippen molar-refractivity contribution in [2.24, 2.45) is 0 Å². The zero-order chi connectivity index (χ0) is 14.7. The van der Waals surface area contributed by atoms with Crippen LogP contribution >= 0.6 is 0 Å². The smallest absolute Gasteiger partial charge is 0.203 e. The van der Waals surface area contributed by atoms with Gasteiger partial charge in [-0.1, -0.05) is 0 Å². The Morgan fingerprint density at radius 2 is 1.60 bits per heavy atom. The summed E-state index contributed by atoms with van der Waals surface area (Å²) >= 11 is 0. The SMILES string of the molecule is COc1cc(-c2cnc(C)nc2N)cc(OC)c1OC. The molecule has 1 aromatic heterocycles. The predicted molar refractivity (Wildman–Crippen MR) is 76.3 cm³/mol. The monoisotopic (exact) mass is 275 g/mol. The quantitative estimate of drug-likeness (QED) is 0.920. The van der Waals surface area contributed by atoms with Crippen LogP contribution in [0, 0.1) is 6.92 Å². The van der Waals surface area contributed by atoms with E-state index < -0.39 is 0 Å². The lowest BCUT2D eigenvalue weighted by molar-refractivity contribution is 0.324. The molecule has 20 heavy (non-hydrogen) atoms. The van der Waals surface area contributed by atoms with Gasteiger partial charge >= 0.3 is 0 Å². The van der Waals surface area contributed by atoms with Crippen molar-refractivity contribution in [2.75, 3.05) is 27.1 Å². The van der Waals surface area contributed by atoms with Crippen LogP contribution in [0.1, 0.15) is 5.82 Å². The summed E-state index contributed by atoms with van der Waals surface area (Å²) in [5, 5.41) is 0. The fourth-order valence-corrected chi connectivity index (χ4v) is 1.95. The molecular formula is C14H17N3O3. The van der Waals surface area contributed by atoms with E-state index in [1.807, 2.05) is 12.1 Å². The molecule has 1 aromatic carbocycles. The highest BCUT2D eigenvalue weighted by molar-refractivity contribution is 5.77. The van der Waals surface area contributed by atoms with Gasteiger partial charge in [-0.3, -0.25) is 0 Å². The average Bonchev–Trinajstić information content (AvgIpc) is 2.45. The molecule has 0 aliphatic rings. The molecule has 1 heterocycles. The van der Waals surface area contributed by atoms with E-state index in [9.17, 15) is 0 Å². The molecule has 0 aliphatic heterocycles. The van der Waals surface area contributed by atoms with Crippen LogP contribution in [0.4, 0.5) is 5.82 Å². The Morgan fingerprint density at radius 1 is 1.00 bits per heavy atom. The topological polar surface area (TPSA) is 79.5 Å². The molecule has 6 nitrogen and oxygen atoms in total. The molecule has 0 spiro atoms. The molecule has 0 bridgehead atoms. The van der Waals surface area contributed by atoms with Crippen LogP contribution in [-0.2, 0) is 0 Å². The Balaban J connectivity index is 2.62. The molecule has 2 aromatic rings. The highest BCUT2D eigenvalue weighted by Gasteiger charge is 2.15. The maximum atomic E-state index is 5.94. The molecule has 106 valence electrons. The number of aromatic nitrogens is 2. The van der Waals surface area contributed by atoms with Crippen LogP contribution in [-0.4, -0.2) is 31.3 Å². The molecule has 0 aliphatic carbocycles. The second-order valence-corrected chi connectivity index (χ2v) is 4.13. The predicted octanol–water partition coefficient (Wildman–Crippen LogP) is 2.06. The van der Waals surface area contributed by atoms with Gasteiger partial charge in [0.2, 0.25) is 5.75 Å². The lowest BCUT2D eigenvalue weighted by atomic mass is 10.1. The van der Waals surface area contributed by atoms with E-state index in [4.69, 9.17) is 19.9 Å². The van der Waals surface area contributed by atoms with Gasteiger partial charge in [-0.2, -0.15) is 0 Å². The number of methoxy groups -OCH3 is 3. The highest BCUT2D eigenvalue weighted by atomic mass is 16.5. The van der Waals surface area contributed by atoms with Gasteiger partial charge in [0.15, 0.2) is 11.5 Å². The second kappa shape index (κ2) is 5.64. The zero-order valence-electron chi connectivity index (χ0n) is 11.9. The van der Waals surface area contributed by atoms with Crippen LogP contribution in [0.2, 0.25) is 0 Å². The molecule has 0 unspecified atom stereocenters. The Hall–Kier alpha value is -2.50. The number of hydrogen-bond acceptors (Lipinski definition) is 6. The van der Waals surface area contributed by atoms with Crippen LogP contribution in [0.3, 0.4) is 0 Å². The number of ether oxygens (including phenoxy) is 3. The number of nitrogens with two attached hydrogens (primary N) is 1. The molecular weight excluding hydrogens is 258 g/mol. The van der Waals surface area contributed by atoms with E-state index in [1.54, 1.807) is 34.4 Å². The van der Waals surface area contributed by atoms with E-state index in [0.29, 0.717) is 28.9 Å². The first-order valence-electron chi connectivity index (χ1n) is 6.00. The minimum absolute atomic E-state index is 0.409. The van der Waals surface area contributed by atoms with Crippen LogP contribution in [0.25, 0.3) is 11.1 Å². The van der Waals surface area contributed by atoms with E-state index in [2.05, 4.69) is 9.97 Å². The van der Waals surface area contributed by atoms with E-state index in [0.717, 1.165) is 11.1 Å². The van der Waals surface area contributed by atoms with E-state index in [-0.39, 0.29) is 0 Å². The normalized spacial score (nSPS) is 10.2. The van der Waals surface area contributed by atoms with Gasteiger partial charge in [0, 0.05) is 11.8 Å². The third-order valence-corrected chi connectivity index (χ3v) is 2.91. The number of hydrogen-bond donors (Lipinski definition) is 1. The maximum absolute atomic E-state index is 5.94. The van der Waals surface area contributed by atoms with Gasteiger partial charge < -0.3 is 19.9 Å². The summed E-state index contributed by atoms with van der Waals surface area (Å²) in [5.41, 5.74) is 7.46. The minimum atomic E-state index is 0.409. The Bertz CT molecular complexity index is 604. The first-order valence-corrected chi connectivity index (χ1v) is 6.00. The fourth-order valence-electron chi connectivity index (χ4n) is 1.95. The summed E-state index contributed by atoms with van der Waals surface area (Å²) < 4.78 is 15.9. The first kappa shape index (κ1) is 13.9. The Kier molecular flexibility index (Phi) is 3.93. The number of aryl methyl sites for hydroxylation is 1. The Morgan fingerprint density at radius 3 is 2.05 bits per heavy atom. The second-order valence-electron chi connectivity index (χ2n) is 4.13. The lowest BCUT2D eigenvalue weighted by Crippen LogP contribution is -2.00. The molecule has 0 fully saturated rings. The van der Waals surface area contributed by atoms with E-state index in [1.165, 1.54) is 0 Å². The van der Waals surface area contributed by atoms with Crippen molar-refractivity contribution in [3.63, 3.8) is 0 Å². The first-order chi connectivity index (χ1) is 9.60. The van der Waals surface area contributed by atoms with Crippen molar-refractivity contribution >= 4 is 5.82 Å². The van der Waals surface area contributed by atoms with Crippen molar-refractivity contribution in [3.05, 3.63) is 24.2 Å². The molecule has 2 rings (SSSR count). The molecule has 2 N–H and O–H groups in total.